The van der Waals surface area contributed by atoms with Crippen LogP contribution in [0, 0.1) is 0 Å². The van der Waals surface area contributed by atoms with Crippen LogP contribution < -0.4 is 11.1 Å². The third kappa shape index (κ3) is 3.90. The first-order valence-electron chi connectivity index (χ1n) is 9.15. The van der Waals surface area contributed by atoms with Gasteiger partial charge in [0.05, 0.1) is 5.69 Å². The summed E-state index contributed by atoms with van der Waals surface area (Å²) in [6.07, 6.45) is 0.413. The van der Waals surface area contributed by atoms with Gasteiger partial charge in [-0.25, -0.2) is 9.78 Å². The Morgan fingerprint density at radius 2 is 2.18 bits per heavy atom. The molecule has 1 aromatic heterocycles. The van der Waals surface area contributed by atoms with Gasteiger partial charge in [0, 0.05) is 18.1 Å². The summed E-state index contributed by atoms with van der Waals surface area (Å²) in [6, 6.07) is 12.5. The molecule has 28 heavy (non-hydrogen) atoms. The summed E-state index contributed by atoms with van der Waals surface area (Å²) >= 11 is 6.07. The number of amides is 1. The van der Waals surface area contributed by atoms with Crippen molar-refractivity contribution in [3.63, 3.8) is 0 Å². The molecule has 0 bridgehead atoms. The summed E-state index contributed by atoms with van der Waals surface area (Å²) < 4.78 is 11.4. The molecule has 1 aliphatic rings. The zero-order valence-electron chi connectivity index (χ0n) is 15.2. The normalized spacial score (nSPS) is 17.5. The van der Waals surface area contributed by atoms with Gasteiger partial charge in [-0.3, -0.25) is 4.90 Å². The lowest BCUT2D eigenvalue weighted by Gasteiger charge is -2.26. The minimum Gasteiger partial charge on any atom is -0.445 e. The SMILES string of the molecule is Nc1cc(Cl)cc2nc(C3CNCCCN3C(=O)OCc3ccccc3)oc12. The van der Waals surface area contributed by atoms with Crippen molar-refractivity contribution in [2.75, 3.05) is 25.4 Å². The molecule has 8 heteroatoms. The zero-order valence-corrected chi connectivity index (χ0v) is 16.0. The number of nitrogens with one attached hydrogen (secondary N) is 1. The van der Waals surface area contributed by atoms with E-state index in [1.807, 2.05) is 30.3 Å². The van der Waals surface area contributed by atoms with Gasteiger partial charge in [-0.2, -0.15) is 0 Å². The van der Waals surface area contributed by atoms with Crippen molar-refractivity contribution in [2.45, 2.75) is 19.1 Å². The zero-order chi connectivity index (χ0) is 19.5. The second-order valence-electron chi connectivity index (χ2n) is 6.70. The highest BCUT2D eigenvalue weighted by molar-refractivity contribution is 6.31. The maximum absolute atomic E-state index is 12.8. The van der Waals surface area contributed by atoms with Crippen LogP contribution in [-0.4, -0.2) is 35.6 Å². The van der Waals surface area contributed by atoms with Crippen LogP contribution >= 0.6 is 11.6 Å². The average molecular weight is 401 g/mol. The van der Waals surface area contributed by atoms with Crippen LogP contribution in [-0.2, 0) is 11.3 Å². The van der Waals surface area contributed by atoms with Crippen LogP contribution in [0.3, 0.4) is 0 Å². The fraction of sp³-hybridized carbons (Fsp3) is 0.300. The number of halogens is 1. The largest absolute Gasteiger partial charge is 0.445 e. The Bertz CT molecular complexity index is 976. The van der Waals surface area contributed by atoms with E-state index in [-0.39, 0.29) is 6.61 Å². The number of nitrogens with two attached hydrogens (primary N) is 1. The van der Waals surface area contributed by atoms with Gasteiger partial charge < -0.3 is 20.2 Å². The van der Waals surface area contributed by atoms with E-state index in [4.69, 9.17) is 26.5 Å². The van der Waals surface area contributed by atoms with E-state index in [2.05, 4.69) is 10.3 Å². The second kappa shape index (κ2) is 8.08. The number of oxazole rings is 1. The van der Waals surface area contributed by atoms with E-state index < -0.39 is 12.1 Å². The molecule has 3 N–H and O–H groups in total. The molecule has 0 radical (unpaired) electrons. The smallest absolute Gasteiger partial charge is 0.410 e. The molecule has 146 valence electrons. The molecule has 0 aliphatic carbocycles. The number of fused-ring (bicyclic) bond motifs is 1. The number of anilines is 1. The molecular formula is C20H21ClN4O3. The van der Waals surface area contributed by atoms with Gasteiger partial charge in [0.15, 0.2) is 5.58 Å². The van der Waals surface area contributed by atoms with Gasteiger partial charge >= 0.3 is 6.09 Å². The van der Waals surface area contributed by atoms with E-state index in [0.29, 0.717) is 40.8 Å². The van der Waals surface area contributed by atoms with Gasteiger partial charge in [0.1, 0.15) is 18.2 Å². The van der Waals surface area contributed by atoms with Gasteiger partial charge in [0.2, 0.25) is 5.89 Å². The fourth-order valence-corrected chi connectivity index (χ4v) is 3.52. The van der Waals surface area contributed by atoms with Crippen molar-refractivity contribution in [3.8, 4) is 0 Å². The molecule has 0 saturated carbocycles. The van der Waals surface area contributed by atoms with E-state index in [0.717, 1.165) is 18.5 Å². The van der Waals surface area contributed by atoms with Crippen LogP contribution in [0.4, 0.5) is 10.5 Å². The quantitative estimate of drug-likeness (QED) is 0.650. The lowest BCUT2D eigenvalue weighted by atomic mass is 10.2. The molecule has 3 aromatic rings. The van der Waals surface area contributed by atoms with Gasteiger partial charge in [-0.1, -0.05) is 41.9 Å². The Balaban J connectivity index is 1.58. The summed E-state index contributed by atoms with van der Waals surface area (Å²) in [7, 11) is 0. The highest BCUT2D eigenvalue weighted by Crippen LogP contribution is 2.31. The number of carbonyl (C=O) groups excluding carboxylic acids is 1. The summed E-state index contributed by atoms with van der Waals surface area (Å²) in [5, 5.41) is 3.81. The van der Waals surface area contributed by atoms with Gasteiger partial charge in [-0.15, -0.1) is 0 Å². The predicted molar refractivity (Wildman–Crippen MR) is 107 cm³/mol. The number of nitrogens with zero attached hydrogens (tertiary/aromatic N) is 2. The minimum absolute atomic E-state index is 0.215. The van der Waals surface area contributed by atoms with Crippen LogP contribution in [0.15, 0.2) is 46.9 Å². The molecule has 2 heterocycles. The fourth-order valence-electron chi connectivity index (χ4n) is 3.30. The number of ether oxygens (including phenoxy) is 1. The molecule has 1 fully saturated rings. The maximum Gasteiger partial charge on any atom is 0.410 e. The van der Waals surface area contributed by atoms with Crippen LogP contribution in [0.1, 0.15) is 23.9 Å². The first-order chi connectivity index (χ1) is 13.6. The Morgan fingerprint density at radius 3 is 3.00 bits per heavy atom. The number of carbonyl (C=O) groups is 1. The van der Waals surface area contributed by atoms with Crippen LogP contribution in [0.25, 0.3) is 11.1 Å². The topological polar surface area (TPSA) is 93.6 Å². The second-order valence-corrected chi connectivity index (χ2v) is 7.14. The standard InChI is InChI=1S/C20H21ClN4O3/c21-14-9-15(22)18-16(10-14)24-19(28-18)17-11-23-7-4-8-25(17)20(26)27-12-13-5-2-1-3-6-13/h1-3,5-6,9-10,17,23H,4,7-8,11-12,22H2. The van der Waals surface area contributed by atoms with Gasteiger partial charge in [-0.05, 0) is 30.7 Å². The van der Waals surface area contributed by atoms with E-state index in [1.165, 1.54) is 0 Å². The summed E-state index contributed by atoms with van der Waals surface area (Å²) in [4.78, 5) is 19.0. The Kier molecular flexibility index (Phi) is 5.36. The Morgan fingerprint density at radius 1 is 1.36 bits per heavy atom. The minimum atomic E-state index is -0.397. The molecule has 7 nitrogen and oxygen atoms in total. The number of hydrogen-bond acceptors (Lipinski definition) is 6. The highest BCUT2D eigenvalue weighted by atomic mass is 35.5. The molecule has 1 amide bonds. The molecule has 4 rings (SSSR count). The lowest BCUT2D eigenvalue weighted by molar-refractivity contribution is 0.0781. The van der Waals surface area contributed by atoms with Crippen molar-refractivity contribution in [3.05, 3.63) is 58.9 Å². The third-order valence-corrected chi connectivity index (χ3v) is 4.91. The number of aromatic nitrogens is 1. The predicted octanol–water partition coefficient (Wildman–Crippen LogP) is 3.74. The number of rotatable bonds is 3. The molecule has 1 saturated heterocycles. The van der Waals surface area contributed by atoms with Crippen molar-refractivity contribution in [1.29, 1.82) is 0 Å². The van der Waals surface area contributed by atoms with E-state index >= 15 is 0 Å². The molecule has 1 unspecified atom stereocenters. The molecular weight excluding hydrogens is 380 g/mol. The lowest BCUT2D eigenvalue weighted by Crippen LogP contribution is -2.38. The van der Waals surface area contributed by atoms with Crippen LogP contribution in [0.5, 0.6) is 0 Å². The first kappa shape index (κ1) is 18.6. The number of nitrogen functional groups attached to an aromatic ring is 1. The molecule has 1 atom stereocenters. The number of hydrogen-bond donors (Lipinski definition) is 2. The summed E-state index contributed by atoms with van der Waals surface area (Å²) in [5.41, 5.74) is 8.40. The molecule has 2 aromatic carbocycles. The van der Waals surface area contributed by atoms with E-state index in [9.17, 15) is 4.79 Å². The summed E-state index contributed by atoms with van der Waals surface area (Å²) in [6.45, 7) is 2.07. The van der Waals surface area contributed by atoms with Gasteiger partial charge in [0.25, 0.3) is 0 Å². The monoisotopic (exact) mass is 400 g/mol. The third-order valence-electron chi connectivity index (χ3n) is 4.69. The van der Waals surface area contributed by atoms with Crippen molar-refractivity contribution >= 4 is 34.5 Å². The summed E-state index contributed by atoms with van der Waals surface area (Å²) in [5.74, 6) is 0.412. The highest BCUT2D eigenvalue weighted by Gasteiger charge is 2.32. The Hall–Kier alpha value is -2.77. The maximum atomic E-state index is 12.8. The van der Waals surface area contributed by atoms with Crippen LogP contribution in [0.2, 0.25) is 5.02 Å². The first-order valence-corrected chi connectivity index (χ1v) is 9.53. The average Bonchev–Trinajstić information content (AvgIpc) is 2.96. The Labute approximate surface area is 167 Å². The van der Waals surface area contributed by atoms with Crippen molar-refractivity contribution in [1.82, 2.24) is 15.2 Å². The van der Waals surface area contributed by atoms with E-state index in [1.54, 1.807) is 17.0 Å². The molecule has 0 spiro atoms. The molecule has 1 aliphatic heterocycles. The van der Waals surface area contributed by atoms with Crippen molar-refractivity contribution < 1.29 is 13.9 Å². The number of benzene rings is 2. The van der Waals surface area contributed by atoms with Crippen molar-refractivity contribution in [2.24, 2.45) is 0 Å².